The standard InChI is InChI=1S/C18H17ClN6O2.C2H6/c1-10-13(21-8-7-20-10)15-22-16-14(17(26)23-18(27)24(16)2)25(15)9-11-3-5-12(19)6-4-11;1-2/h3-8,15,22H,9H2,1-2H3,(H,23,26,27);1-2H3. The summed E-state index contributed by atoms with van der Waals surface area (Å²) in [5, 5.41) is 3.90. The minimum atomic E-state index is -0.478. The zero-order valence-corrected chi connectivity index (χ0v) is 17.5. The van der Waals surface area contributed by atoms with Crippen LogP contribution in [0.5, 0.6) is 0 Å². The molecule has 0 fully saturated rings. The maximum Gasteiger partial charge on any atom is 0.329 e. The van der Waals surface area contributed by atoms with Gasteiger partial charge in [0.15, 0.2) is 0 Å². The lowest BCUT2D eigenvalue weighted by Crippen LogP contribution is -2.33. The van der Waals surface area contributed by atoms with E-state index in [1.54, 1.807) is 31.6 Å². The number of hydrogen-bond acceptors (Lipinski definition) is 6. The van der Waals surface area contributed by atoms with Crippen molar-refractivity contribution in [2.75, 3.05) is 10.2 Å². The van der Waals surface area contributed by atoms with Crippen molar-refractivity contribution in [2.24, 2.45) is 7.05 Å². The predicted molar refractivity (Wildman–Crippen MR) is 114 cm³/mol. The third kappa shape index (κ3) is 3.88. The summed E-state index contributed by atoms with van der Waals surface area (Å²) in [7, 11) is 1.61. The third-order valence-electron chi connectivity index (χ3n) is 4.62. The molecule has 1 aliphatic rings. The van der Waals surface area contributed by atoms with Gasteiger partial charge in [-0.1, -0.05) is 37.6 Å². The van der Waals surface area contributed by atoms with Gasteiger partial charge in [-0.2, -0.15) is 0 Å². The SMILES string of the molecule is CC.Cc1nccnc1C1Nc2c(c(=O)[nH]c(=O)n2C)N1Cc1ccc(Cl)cc1. The molecule has 2 N–H and O–H groups in total. The molecule has 0 saturated carbocycles. The number of aromatic amines is 1. The number of anilines is 2. The van der Waals surface area contributed by atoms with E-state index in [2.05, 4.69) is 20.3 Å². The van der Waals surface area contributed by atoms with Crippen LogP contribution in [0.15, 0.2) is 46.2 Å². The number of hydrogen-bond donors (Lipinski definition) is 2. The highest BCUT2D eigenvalue weighted by atomic mass is 35.5. The van der Waals surface area contributed by atoms with Gasteiger partial charge in [0.05, 0.1) is 5.69 Å². The molecule has 0 spiro atoms. The lowest BCUT2D eigenvalue weighted by Gasteiger charge is -2.26. The van der Waals surface area contributed by atoms with Gasteiger partial charge in [0.2, 0.25) is 0 Å². The van der Waals surface area contributed by atoms with Crippen molar-refractivity contribution in [3.05, 3.63) is 79.5 Å². The Morgan fingerprint density at radius 3 is 2.41 bits per heavy atom. The second-order valence-electron chi connectivity index (χ2n) is 6.34. The maximum atomic E-state index is 12.6. The van der Waals surface area contributed by atoms with Crippen molar-refractivity contribution < 1.29 is 0 Å². The molecule has 0 bridgehead atoms. The smallest absolute Gasteiger partial charge is 0.329 e. The first kappa shape index (κ1) is 20.6. The normalized spacial score (nSPS) is 14.7. The Bertz CT molecular complexity index is 1120. The van der Waals surface area contributed by atoms with Crippen molar-refractivity contribution in [3.8, 4) is 0 Å². The monoisotopic (exact) mass is 414 g/mol. The van der Waals surface area contributed by atoms with Crippen LogP contribution in [0.3, 0.4) is 0 Å². The summed E-state index contributed by atoms with van der Waals surface area (Å²) in [5.41, 5.74) is 1.86. The van der Waals surface area contributed by atoms with E-state index in [4.69, 9.17) is 11.6 Å². The number of benzene rings is 1. The second-order valence-corrected chi connectivity index (χ2v) is 6.78. The number of nitrogens with zero attached hydrogens (tertiary/aromatic N) is 4. The quantitative estimate of drug-likeness (QED) is 0.684. The molecule has 9 heteroatoms. The molecule has 1 aliphatic heterocycles. The third-order valence-corrected chi connectivity index (χ3v) is 4.87. The van der Waals surface area contributed by atoms with E-state index in [1.165, 1.54) is 4.57 Å². The van der Waals surface area contributed by atoms with Crippen molar-refractivity contribution in [1.29, 1.82) is 0 Å². The highest BCUT2D eigenvalue weighted by Crippen LogP contribution is 2.38. The van der Waals surface area contributed by atoms with Gasteiger partial charge in [-0.15, -0.1) is 0 Å². The molecule has 4 rings (SSSR count). The number of rotatable bonds is 3. The van der Waals surface area contributed by atoms with Crippen LogP contribution in [0.1, 0.15) is 37.0 Å². The summed E-state index contributed by atoms with van der Waals surface area (Å²) in [6, 6.07) is 7.40. The highest BCUT2D eigenvalue weighted by Gasteiger charge is 2.36. The number of nitrogens with one attached hydrogen (secondary N) is 2. The number of fused-ring (bicyclic) bond motifs is 1. The van der Waals surface area contributed by atoms with Crippen LogP contribution in [0.25, 0.3) is 0 Å². The first-order valence-electron chi connectivity index (χ1n) is 9.34. The lowest BCUT2D eigenvalue weighted by atomic mass is 10.2. The van der Waals surface area contributed by atoms with Gasteiger partial charge in [0.1, 0.15) is 23.4 Å². The van der Waals surface area contributed by atoms with Gasteiger partial charge < -0.3 is 10.2 Å². The van der Waals surface area contributed by atoms with Crippen molar-refractivity contribution >= 4 is 23.1 Å². The minimum absolute atomic E-state index is 0.391. The maximum absolute atomic E-state index is 12.6. The van der Waals surface area contributed by atoms with Gasteiger partial charge >= 0.3 is 5.69 Å². The highest BCUT2D eigenvalue weighted by molar-refractivity contribution is 6.30. The molecule has 1 aromatic carbocycles. The Labute approximate surface area is 173 Å². The molecular weight excluding hydrogens is 392 g/mol. The van der Waals surface area contributed by atoms with Gasteiger partial charge in [0, 0.05) is 31.0 Å². The molecule has 152 valence electrons. The first-order valence-corrected chi connectivity index (χ1v) is 9.72. The molecule has 0 saturated heterocycles. The Morgan fingerprint density at radius 1 is 1.10 bits per heavy atom. The topological polar surface area (TPSA) is 95.9 Å². The molecule has 29 heavy (non-hydrogen) atoms. The molecule has 3 aromatic rings. The summed E-state index contributed by atoms with van der Waals surface area (Å²) >= 11 is 5.98. The zero-order chi connectivity index (χ0) is 21.1. The summed E-state index contributed by atoms with van der Waals surface area (Å²) in [6.07, 6.45) is 2.79. The Kier molecular flexibility index (Phi) is 6.03. The Morgan fingerprint density at radius 2 is 1.76 bits per heavy atom. The summed E-state index contributed by atoms with van der Waals surface area (Å²) < 4.78 is 1.39. The summed E-state index contributed by atoms with van der Waals surface area (Å²) in [5.74, 6) is 0.452. The van der Waals surface area contributed by atoms with Crippen LogP contribution in [-0.2, 0) is 13.6 Å². The van der Waals surface area contributed by atoms with Crippen molar-refractivity contribution in [2.45, 2.75) is 33.5 Å². The largest absolute Gasteiger partial charge is 0.344 e. The van der Waals surface area contributed by atoms with E-state index in [0.29, 0.717) is 28.8 Å². The summed E-state index contributed by atoms with van der Waals surface area (Å²) in [4.78, 5) is 37.6. The zero-order valence-electron chi connectivity index (χ0n) is 16.7. The molecule has 1 atom stereocenters. The fourth-order valence-electron chi connectivity index (χ4n) is 3.24. The van der Waals surface area contributed by atoms with Crippen molar-refractivity contribution in [3.63, 3.8) is 0 Å². The lowest BCUT2D eigenvalue weighted by molar-refractivity contribution is 0.678. The van der Waals surface area contributed by atoms with Crippen LogP contribution in [0.4, 0.5) is 11.5 Å². The number of aryl methyl sites for hydroxylation is 1. The average Bonchev–Trinajstić information content (AvgIpc) is 3.09. The molecule has 8 nitrogen and oxygen atoms in total. The number of aromatic nitrogens is 4. The van der Waals surface area contributed by atoms with E-state index in [1.807, 2.05) is 37.8 Å². The Balaban J connectivity index is 0.00000117. The molecule has 0 aliphatic carbocycles. The van der Waals surface area contributed by atoms with E-state index < -0.39 is 17.4 Å². The van der Waals surface area contributed by atoms with E-state index in [0.717, 1.165) is 11.3 Å². The molecule has 0 amide bonds. The molecule has 0 radical (unpaired) electrons. The van der Waals surface area contributed by atoms with Gasteiger partial charge in [0.25, 0.3) is 5.56 Å². The fourth-order valence-corrected chi connectivity index (χ4v) is 3.36. The molecule has 2 aromatic heterocycles. The average molecular weight is 415 g/mol. The van der Waals surface area contributed by atoms with Crippen LogP contribution in [-0.4, -0.2) is 19.5 Å². The minimum Gasteiger partial charge on any atom is -0.344 e. The fraction of sp³-hybridized carbons (Fsp3) is 0.300. The number of halogens is 1. The molecular formula is C20H23ClN6O2. The van der Waals surface area contributed by atoms with Crippen LogP contribution in [0.2, 0.25) is 5.02 Å². The van der Waals surface area contributed by atoms with Gasteiger partial charge in [-0.25, -0.2) is 4.79 Å². The van der Waals surface area contributed by atoms with Crippen LogP contribution < -0.4 is 21.5 Å². The van der Waals surface area contributed by atoms with Gasteiger partial charge in [-0.05, 0) is 24.6 Å². The predicted octanol–water partition coefficient (Wildman–Crippen LogP) is 2.98. The van der Waals surface area contributed by atoms with E-state index in [-0.39, 0.29) is 0 Å². The summed E-state index contributed by atoms with van der Waals surface area (Å²) in [6.45, 7) is 6.29. The van der Waals surface area contributed by atoms with Crippen molar-refractivity contribution in [1.82, 2.24) is 19.5 Å². The van der Waals surface area contributed by atoms with E-state index >= 15 is 0 Å². The Hall–Kier alpha value is -3.13. The van der Waals surface area contributed by atoms with Gasteiger partial charge in [-0.3, -0.25) is 24.3 Å². The first-order chi connectivity index (χ1) is 14.0. The van der Waals surface area contributed by atoms with E-state index in [9.17, 15) is 9.59 Å². The molecule has 1 unspecified atom stereocenters. The molecule has 3 heterocycles. The number of H-pyrrole nitrogens is 1. The van der Waals surface area contributed by atoms with Crippen LogP contribution >= 0.6 is 11.6 Å². The van der Waals surface area contributed by atoms with Crippen LogP contribution in [0, 0.1) is 6.92 Å². The second kappa shape index (κ2) is 8.48.